The Balaban J connectivity index is 1.89. The number of hydrogen-bond donors (Lipinski definition) is 2. The maximum Gasteiger partial charge on any atom is 0.234 e. The van der Waals surface area contributed by atoms with Crippen LogP contribution >= 0.6 is 0 Å². The number of amides is 1. The predicted octanol–water partition coefficient (Wildman–Crippen LogP) is 1.06. The van der Waals surface area contributed by atoms with Crippen LogP contribution in [0.3, 0.4) is 0 Å². The molecule has 1 aliphatic rings. The molecule has 2 N–H and O–H groups in total. The maximum atomic E-state index is 11.5. The van der Waals surface area contributed by atoms with Gasteiger partial charge in [0.2, 0.25) is 5.91 Å². The van der Waals surface area contributed by atoms with Crippen molar-refractivity contribution in [3.8, 4) is 0 Å². The first-order chi connectivity index (χ1) is 7.83. The Morgan fingerprint density at radius 3 is 2.75 bits per heavy atom. The molecular formula is C12H24N2O2. The van der Waals surface area contributed by atoms with E-state index < -0.39 is 0 Å². The van der Waals surface area contributed by atoms with Crippen molar-refractivity contribution in [3.63, 3.8) is 0 Å². The minimum Gasteiger partial charge on any atom is -0.385 e. The van der Waals surface area contributed by atoms with Gasteiger partial charge in [-0.05, 0) is 32.2 Å². The molecule has 0 aromatic carbocycles. The monoisotopic (exact) mass is 228 g/mol. The lowest BCUT2D eigenvalue weighted by molar-refractivity contribution is -0.120. The van der Waals surface area contributed by atoms with E-state index in [9.17, 15) is 4.79 Å². The van der Waals surface area contributed by atoms with Crippen molar-refractivity contribution in [1.29, 1.82) is 0 Å². The Bertz CT molecular complexity index is 191. The van der Waals surface area contributed by atoms with Crippen molar-refractivity contribution in [2.24, 2.45) is 0 Å². The lowest BCUT2D eigenvalue weighted by Gasteiger charge is -2.12. The van der Waals surface area contributed by atoms with E-state index in [2.05, 4.69) is 10.6 Å². The van der Waals surface area contributed by atoms with E-state index in [1.807, 2.05) is 0 Å². The summed E-state index contributed by atoms with van der Waals surface area (Å²) in [6.45, 7) is 2.14. The molecule has 0 aromatic heterocycles. The van der Waals surface area contributed by atoms with Crippen LogP contribution in [0.4, 0.5) is 0 Å². The topological polar surface area (TPSA) is 50.4 Å². The molecule has 1 fully saturated rings. The minimum absolute atomic E-state index is 0.138. The van der Waals surface area contributed by atoms with Crippen LogP contribution in [0.15, 0.2) is 0 Å². The number of nitrogens with one attached hydrogen (secondary N) is 2. The summed E-state index contributed by atoms with van der Waals surface area (Å²) in [5, 5.41) is 6.21. The highest BCUT2D eigenvalue weighted by molar-refractivity contribution is 5.78. The molecule has 0 radical (unpaired) electrons. The van der Waals surface area contributed by atoms with Crippen LogP contribution in [0, 0.1) is 0 Å². The largest absolute Gasteiger partial charge is 0.385 e. The number of hydrogen-bond acceptors (Lipinski definition) is 3. The molecule has 0 bridgehead atoms. The SMILES string of the molecule is COCCCCNCC(=O)NC1CCCC1. The van der Waals surface area contributed by atoms with Crippen LogP contribution < -0.4 is 10.6 Å². The van der Waals surface area contributed by atoms with E-state index in [-0.39, 0.29) is 5.91 Å². The second kappa shape index (κ2) is 8.53. The molecule has 0 spiro atoms. The number of rotatable bonds is 8. The van der Waals surface area contributed by atoms with Crippen LogP contribution in [0.1, 0.15) is 38.5 Å². The Morgan fingerprint density at radius 1 is 1.31 bits per heavy atom. The Kier molecular flexibility index (Phi) is 7.17. The summed E-state index contributed by atoms with van der Waals surface area (Å²) in [4.78, 5) is 11.5. The third-order valence-corrected chi connectivity index (χ3v) is 2.96. The molecule has 0 saturated heterocycles. The Morgan fingerprint density at radius 2 is 2.06 bits per heavy atom. The molecule has 1 aliphatic carbocycles. The number of methoxy groups -OCH3 is 1. The summed E-state index contributed by atoms with van der Waals surface area (Å²) in [6, 6.07) is 0.433. The first-order valence-electron chi connectivity index (χ1n) is 6.32. The fourth-order valence-electron chi connectivity index (χ4n) is 2.05. The summed E-state index contributed by atoms with van der Waals surface area (Å²) >= 11 is 0. The lowest BCUT2D eigenvalue weighted by Crippen LogP contribution is -2.39. The molecule has 0 atom stereocenters. The molecule has 0 aromatic rings. The van der Waals surface area contributed by atoms with E-state index in [1.165, 1.54) is 12.8 Å². The van der Waals surface area contributed by atoms with Gasteiger partial charge in [0.05, 0.1) is 6.54 Å². The van der Waals surface area contributed by atoms with Crippen LogP contribution in [-0.2, 0) is 9.53 Å². The fourth-order valence-corrected chi connectivity index (χ4v) is 2.05. The second-order valence-electron chi connectivity index (χ2n) is 4.43. The molecule has 1 amide bonds. The third-order valence-electron chi connectivity index (χ3n) is 2.96. The van der Waals surface area contributed by atoms with Crippen molar-refractivity contribution in [1.82, 2.24) is 10.6 Å². The normalized spacial score (nSPS) is 16.6. The number of ether oxygens (including phenoxy) is 1. The van der Waals surface area contributed by atoms with E-state index in [0.29, 0.717) is 12.6 Å². The minimum atomic E-state index is 0.138. The van der Waals surface area contributed by atoms with Gasteiger partial charge in [-0.15, -0.1) is 0 Å². The Labute approximate surface area is 98.1 Å². The molecular weight excluding hydrogens is 204 g/mol. The molecule has 1 saturated carbocycles. The number of carbonyl (C=O) groups is 1. The quantitative estimate of drug-likeness (QED) is 0.611. The van der Waals surface area contributed by atoms with Crippen molar-refractivity contribution in [2.45, 2.75) is 44.6 Å². The van der Waals surface area contributed by atoms with E-state index >= 15 is 0 Å². The first kappa shape index (κ1) is 13.5. The van der Waals surface area contributed by atoms with Gasteiger partial charge in [0.15, 0.2) is 0 Å². The summed E-state index contributed by atoms with van der Waals surface area (Å²) < 4.78 is 4.95. The van der Waals surface area contributed by atoms with Crippen LogP contribution in [0.5, 0.6) is 0 Å². The summed E-state index contributed by atoms with van der Waals surface area (Å²) in [5.74, 6) is 0.138. The van der Waals surface area contributed by atoms with Crippen LogP contribution in [0.25, 0.3) is 0 Å². The van der Waals surface area contributed by atoms with Gasteiger partial charge in [-0.3, -0.25) is 4.79 Å². The van der Waals surface area contributed by atoms with Gasteiger partial charge in [-0.1, -0.05) is 12.8 Å². The van der Waals surface area contributed by atoms with Gasteiger partial charge >= 0.3 is 0 Å². The second-order valence-corrected chi connectivity index (χ2v) is 4.43. The van der Waals surface area contributed by atoms with Crippen molar-refractivity contribution in [2.75, 3.05) is 26.8 Å². The molecule has 0 unspecified atom stereocenters. The zero-order chi connectivity index (χ0) is 11.6. The van der Waals surface area contributed by atoms with Gasteiger partial charge in [0, 0.05) is 19.8 Å². The molecule has 1 rings (SSSR count). The highest BCUT2D eigenvalue weighted by Gasteiger charge is 2.16. The van der Waals surface area contributed by atoms with Gasteiger partial charge in [-0.2, -0.15) is 0 Å². The van der Waals surface area contributed by atoms with E-state index in [0.717, 1.165) is 38.8 Å². The summed E-state index contributed by atoms with van der Waals surface area (Å²) in [5.41, 5.74) is 0. The highest BCUT2D eigenvalue weighted by atomic mass is 16.5. The van der Waals surface area contributed by atoms with Crippen molar-refractivity contribution < 1.29 is 9.53 Å². The van der Waals surface area contributed by atoms with Crippen molar-refractivity contribution in [3.05, 3.63) is 0 Å². The summed E-state index contributed by atoms with van der Waals surface area (Å²) in [7, 11) is 1.71. The summed E-state index contributed by atoms with van der Waals surface area (Å²) in [6.07, 6.45) is 6.93. The lowest BCUT2D eigenvalue weighted by atomic mass is 10.2. The molecule has 4 nitrogen and oxygen atoms in total. The van der Waals surface area contributed by atoms with Crippen molar-refractivity contribution >= 4 is 5.91 Å². The highest BCUT2D eigenvalue weighted by Crippen LogP contribution is 2.17. The standard InChI is InChI=1S/C12H24N2O2/c1-16-9-5-4-8-13-10-12(15)14-11-6-2-3-7-11/h11,13H,2-10H2,1H3,(H,14,15). The predicted molar refractivity (Wildman–Crippen MR) is 64.4 cm³/mol. The zero-order valence-electron chi connectivity index (χ0n) is 10.3. The molecule has 4 heteroatoms. The van der Waals surface area contributed by atoms with E-state index in [1.54, 1.807) is 7.11 Å². The molecule has 0 aliphatic heterocycles. The van der Waals surface area contributed by atoms with Crippen LogP contribution in [-0.4, -0.2) is 38.8 Å². The molecule has 16 heavy (non-hydrogen) atoms. The number of carbonyl (C=O) groups excluding carboxylic acids is 1. The average Bonchev–Trinajstić information content (AvgIpc) is 2.76. The average molecular weight is 228 g/mol. The maximum absolute atomic E-state index is 11.5. The van der Waals surface area contributed by atoms with Gasteiger partial charge in [0.1, 0.15) is 0 Å². The molecule has 0 heterocycles. The first-order valence-corrected chi connectivity index (χ1v) is 6.32. The van der Waals surface area contributed by atoms with Gasteiger partial charge in [0.25, 0.3) is 0 Å². The van der Waals surface area contributed by atoms with Crippen LogP contribution in [0.2, 0.25) is 0 Å². The number of unbranched alkanes of at least 4 members (excludes halogenated alkanes) is 1. The Hall–Kier alpha value is -0.610. The zero-order valence-corrected chi connectivity index (χ0v) is 10.3. The van der Waals surface area contributed by atoms with Gasteiger partial charge in [-0.25, -0.2) is 0 Å². The van der Waals surface area contributed by atoms with E-state index in [4.69, 9.17) is 4.74 Å². The smallest absolute Gasteiger partial charge is 0.234 e. The molecule has 94 valence electrons. The third kappa shape index (κ3) is 6.08. The van der Waals surface area contributed by atoms with Gasteiger partial charge < -0.3 is 15.4 Å². The fraction of sp³-hybridized carbons (Fsp3) is 0.917.